The normalized spacial score (nSPS) is 13.3. The molecule has 2 aromatic carbocycles. The van der Waals surface area contributed by atoms with Crippen molar-refractivity contribution in [2.24, 2.45) is 0 Å². The van der Waals surface area contributed by atoms with Gasteiger partial charge in [-0.3, -0.25) is 0 Å². The van der Waals surface area contributed by atoms with Gasteiger partial charge in [0.25, 0.3) is 0 Å². The Bertz CT molecular complexity index is 585. The highest BCUT2D eigenvalue weighted by Crippen LogP contribution is 2.31. The Kier molecular flexibility index (Phi) is 4.39. The maximum absolute atomic E-state index is 10.4. The molecule has 102 valence electrons. The topological polar surface area (TPSA) is 47.3 Å². The molecule has 0 aliphatic rings. The van der Waals surface area contributed by atoms with Gasteiger partial charge in [-0.05, 0) is 23.3 Å². The molecular formula is C17H18N2O. The van der Waals surface area contributed by atoms with Crippen molar-refractivity contribution in [2.45, 2.75) is 12.0 Å². The zero-order chi connectivity index (χ0) is 14.5. The van der Waals surface area contributed by atoms with E-state index in [9.17, 15) is 10.4 Å². The van der Waals surface area contributed by atoms with Crippen LogP contribution in [0.2, 0.25) is 0 Å². The summed E-state index contributed by atoms with van der Waals surface area (Å²) in [5.74, 6) is -0.554. The van der Waals surface area contributed by atoms with Crippen LogP contribution in [0.15, 0.2) is 54.6 Å². The first-order valence-corrected chi connectivity index (χ1v) is 6.53. The molecule has 0 spiro atoms. The van der Waals surface area contributed by atoms with Crippen molar-refractivity contribution in [1.29, 1.82) is 5.26 Å². The first kappa shape index (κ1) is 14.1. The molecular weight excluding hydrogens is 248 g/mol. The van der Waals surface area contributed by atoms with Crippen molar-refractivity contribution in [2.75, 3.05) is 19.0 Å². The Morgan fingerprint density at radius 2 is 1.55 bits per heavy atom. The van der Waals surface area contributed by atoms with Gasteiger partial charge in [-0.25, -0.2) is 0 Å². The second-order valence-corrected chi connectivity index (χ2v) is 4.95. The van der Waals surface area contributed by atoms with Gasteiger partial charge in [0.1, 0.15) is 5.92 Å². The predicted molar refractivity (Wildman–Crippen MR) is 80.5 cm³/mol. The summed E-state index contributed by atoms with van der Waals surface area (Å²) in [6, 6.07) is 19.2. The SMILES string of the molecule is CN(C)c1ccc([C@H](O)C(C#N)c2ccccc2)cc1. The third kappa shape index (κ3) is 2.98. The maximum atomic E-state index is 10.4. The lowest BCUT2D eigenvalue weighted by atomic mass is 9.90. The predicted octanol–water partition coefficient (Wildman–Crippen LogP) is 3.09. The Balaban J connectivity index is 2.25. The van der Waals surface area contributed by atoms with Crippen molar-refractivity contribution >= 4 is 5.69 Å². The van der Waals surface area contributed by atoms with Gasteiger partial charge in [0.2, 0.25) is 0 Å². The molecule has 20 heavy (non-hydrogen) atoms. The van der Waals surface area contributed by atoms with Gasteiger partial charge in [0, 0.05) is 19.8 Å². The van der Waals surface area contributed by atoms with Crippen molar-refractivity contribution < 1.29 is 5.11 Å². The zero-order valence-electron chi connectivity index (χ0n) is 11.7. The number of hydrogen-bond acceptors (Lipinski definition) is 3. The smallest absolute Gasteiger partial charge is 0.101 e. The van der Waals surface area contributed by atoms with Crippen molar-refractivity contribution in [3.05, 3.63) is 65.7 Å². The monoisotopic (exact) mass is 266 g/mol. The molecule has 0 saturated heterocycles. The lowest BCUT2D eigenvalue weighted by Crippen LogP contribution is -2.11. The summed E-state index contributed by atoms with van der Waals surface area (Å²) in [5.41, 5.74) is 2.65. The Morgan fingerprint density at radius 1 is 0.950 bits per heavy atom. The number of aliphatic hydroxyl groups is 1. The number of hydrogen-bond donors (Lipinski definition) is 1. The first-order valence-electron chi connectivity index (χ1n) is 6.53. The zero-order valence-corrected chi connectivity index (χ0v) is 11.7. The number of aliphatic hydroxyl groups excluding tert-OH is 1. The van der Waals surface area contributed by atoms with E-state index < -0.39 is 12.0 Å². The number of nitrogens with zero attached hydrogens (tertiary/aromatic N) is 2. The highest BCUT2D eigenvalue weighted by molar-refractivity contribution is 5.47. The van der Waals surface area contributed by atoms with Crippen molar-refractivity contribution in [1.82, 2.24) is 0 Å². The Hall–Kier alpha value is -2.31. The Labute approximate surface area is 119 Å². The fourth-order valence-corrected chi connectivity index (χ4v) is 2.15. The molecule has 3 heteroatoms. The van der Waals surface area contributed by atoms with Gasteiger partial charge in [-0.15, -0.1) is 0 Å². The summed E-state index contributed by atoms with van der Waals surface area (Å²) in [6.07, 6.45) is -0.821. The molecule has 2 atom stereocenters. The molecule has 2 rings (SSSR count). The van der Waals surface area contributed by atoms with Crippen LogP contribution < -0.4 is 4.90 Å². The number of anilines is 1. The fraction of sp³-hybridized carbons (Fsp3) is 0.235. The van der Waals surface area contributed by atoms with E-state index in [4.69, 9.17) is 0 Å². The molecule has 0 saturated carbocycles. The number of rotatable bonds is 4. The van der Waals surface area contributed by atoms with Crippen LogP contribution in [0, 0.1) is 11.3 Å². The summed E-state index contributed by atoms with van der Waals surface area (Å²) in [5, 5.41) is 19.8. The summed E-state index contributed by atoms with van der Waals surface area (Å²) in [7, 11) is 3.93. The largest absolute Gasteiger partial charge is 0.387 e. The van der Waals surface area contributed by atoms with Gasteiger partial charge in [0.05, 0.1) is 12.2 Å². The molecule has 0 amide bonds. The molecule has 0 bridgehead atoms. The minimum Gasteiger partial charge on any atom is -0.387 e. The van der Waals surface area contributed by atoms with Crippen molar-refractivity contribution in [3.63, 3.8) is 0 Å². The molecule has 0 aliphatic heterocycles. The highest BCUT2D eigenvalue weighted by atomic mass is 16.3. The average Bonchev–Trinajstić information content (AvgIpc) is 2.49. The molecule has 0 heterocycles. The molecule has 0 radical (unpaired) electrons. The molecule has 2 aromatic rings. The Morgan fingerprint density at radius 3 is 2.05 bits per heavy atom. The second kappa shape index (κ2) is 6.23. The third-order valence-corrected chi connectivity index (χ3v) is 3.36. The molecule has 0 aliphatic carbocycles. The van der Waals surface area contributed by atoms with E-state index in [1.54, 1.807) is 0 Å². The highest BCUT2D eigenvalue weighted by Gasteiger charge is 2.22. The molecule has 1 unspecified atom stereocenters. The summed E-state index contributed by atoms with van der Waals surface area (Å²) < 4.78 is 0. The molecule has 0 aromatic heterocycles. The standard InChI is InChI=1S/C17H18N2O/c1-19(2)15-10-8-14(9-11-15)17(20)16(12-18)13-6-4-3-5-7-13/h3-11,16-17,20H,1-2H3/t16?,17-/m0/s1. The van der Waals surface area contributed by atoms with Gasteiger partial charge in [0.15, 0.2) is 0 Å². The average molecular weight is 266 g/mol. The lowest BCUT2D eigenvalue weighted by Gasteiger charge is -2.19. The quantitative estimate of drug-likeness (QED) is 0.925. The summed E-state index contributed by atoms with van der Waals surface area (Å²) in [6.45, 7) is 0. The lowest BCUT2D eigenvalue weighted by molar-refractivity contribution is 0.164. The number of benzene rings is 2. The van der Waals surface area contributed by atoms with E-state index in [2.05, 4.69) is 6.07 Å². The summed E-state index contributed by atoms with van der Waals surface area (Å²) >= 11 is 0. The van der Waals surface area contributed by atoms with Crippen molar-refractivity contribution in [3.8, 4) is 6.07 Å². The van der Waals surface area contributed by atoms with Crippen LogP contribution in [0.1, 0.15) is 23.1 Å². The van der Waals surface area contributed by atoms with E-state index >= 15 is 0 Å². The van der Waals surface area contributed by atoms with Crippen LogP contribution in [-0.4, -0.2) is 19.2 Å². The summed E-state index contributed by atoms with van der Waals surface area (Å²) in [4.78, 5) is 2.00. The maximum Gasteiger partial charge on any atom is 0.101 e. The van der Waals surface area contributed by atoms with Gasteiger partial charge in [-0.2, -0.15) is 5.26 Å². The minimum atomic E-state index is -0.821. The van der Waals surface area contributed by atoms with E-state index in [1.807, 2.05) is 73.6 Å². The minimum absolute atomic E-state index is 0.554. The van der Waals surface area contributed by atoms with Gasteiger partial charge < -0.3 is 10.0 Å². The van der Waals surface area contributed by atoms with E-state index in [1.165, 1.54) is 0 Å². The van der Waals surface area contributed by atoms with E-state index in [-0.39, 0.29) is 0 Å². The fourth-order valence-electron chi connectivity index (χ4n) is 2.15. The van der Waals surface area contributed by atoms with Gasteiger partial charge >= 0.3 is 0 Å². The van der Waals surface area contributed by atoms with Crippen LogP contribution in [0.4, 0.5) is 5.69 Å². The van der Waals surface area contributed by atoms with Crippen LogP contribution in [-0.2, 0) is 0 Å². The van der Waals surface area contributed by atoms with E-state index in [0.29, 0.717) is 0 Å². The first-order chi connectivity index (χ1) is 9.63. The van der Waals surface area contributed by atoms with Crippen LogP contribution in [0.25, 0.3) is 0 Å². The van der Waals surface area contributed by atoms with Crippen LogP contribution in [0.3, 0.4) is 0 Å². The van der Waals surface area contributed by atoms with Crippen LogP contribution >= 0.6 is 0 Å². The third-order valence-electron chi connectivity index (χ3n) is 3.36. The van der Waals surface area contributed by atoms with E-state index in [0.717, 1.165) is 16.8 Å². The van der Waals surface area contributed by atoms with Gasteiger partial charge in [-0.1, -0.05) is 42.5 Å². The van der Waals surface area contributed by atoms with Crippen LogP contribution in [0.5, 0.6) is 0 Å². The molecule has 0 fully saturated rings. The molecule has 3 nitrogen and oxygen atoms in total. The number of nitriles is 1. The molecule has 1 N–H and O–H groups in total. The second-order valence-electron chi connectivity index (χ2n) is 4.95.